The summed E-state index contributed by atoms with van der Waals surface area (Å²) >= 11 is 0. The number of phosphoric ester groups is 1. The average molecular weight is 943 g/mol. The molecule has 386 valence electrons. The molecule has 0 saturated heterocycles. The average Bonchev–Trinajstić information content (AvgIpc) is 3.30. The van der Waals surface area contributed by atoms with Crippen LogP contribution < -0.4 is 0 Å². The van der Waals surface area contributed by atoms with Crippen LogP contribution in [-0.4, -0.2) is 66.3 Å². The number of aliphatic hydroxyl groups excluding tert-OH is 2. The fourth-order valence-corrected chi connectivity index (χ4v) is 8.94. The van der Waals surface area contributed by atoms with Gasteiger partial charge in [0.25, 0.3) is 0 Å². The quantitative estimate of drug-likeness (QED) is 0.0236. The highest BCUT2D eigenvalue weighted by molar-refractivity contribution is 7.47. The van der Waals surface area contributed by atoms with Gasteiger partial charge in [-0.2, -0.15) is 0 Å². The number of rotatable bonds is 54. The molecule has 0 aromatic rings. The molecular formula is C55H107O9P. The Hall–Kier alpha value is -1.06. The van der Waals surface area contributed by atoms with E-state index in [0.717, 1.165) is 38.5 Å². The number of carbonyl (C=O) groups excluding carboxylic acids is 1. The van der Waals surface area contributed by atoms with Gasteiger partial charge in [-0.1, -0.05) is 250 Å². The molecule has 0 fully saturated rings. The molecule has 0 radical (unpaired) electrons. The lowest BCUT2D eigenvalue weighted by atomic mass is 10.0. The number of esters is 1. The molecule has 0 amide bonds. The summed E-state index contributed by atoms with van der Waals surface area (Å²) in [5.74, 6) is -0.378. The van der Waals surface area contributed by atoms with Crippen LogP contribution in [0.2, 0.25) is 0 Å². The molecule has 65 heavy (non-hydrogen) atoms. The molecule has 3 N–H and O–H groups in total. The third-order valence-electron chi connectivity index (χ3n) is 12.4. The predicted molar refractivity (Wildman–Crippen MR) is 274 cm³/mol. The number of hydrogen-bond donors (Lipinski definition) is 3. The maximum Gasteiger partial charge on any atom is 0.472 e. The topological polar surface area (TPSA) is 132 Å². The van der Waals surface area contributed by atoms with Crippen LogP contribution in [0.4, 0.5) is 0 Å². The fraction of sp³-hybridized carbons (Fsp3) is 0.909. The van der Waals surface area contributed by atoms with Crippen molar-refractivity contribution in [2.75, 3.05) is 33.0 Å². The minimum Gasteiger partial charge on any atom is -0.457 e. The van der Waals surface area contributed by atoms with Crippen molar-refractivity contribution in [2.45, 2.75) is 289 Å². The Kier molecular flexibility index (Phi) is 51.5. The summed E-state index contributed by atoms with van der Waals surface area (Å²) in [6, 6.07) is 0. The molecule has 3 atom stereocenters. The molecule has 0 aliphatic rings. The monoisotopic (exact) mass is 943 g/mol. The van der Waals surface area contributed by atoms with Gasteiger partial charge in [-0.3, -0.25) is 13.8 Å². The van der Waals surface area contributed by atoms with Crippen molar-refractivity contribution < 1.29 is 43.0 Å². The number of carbonyl (C=O) groups is 1. The first-order valence-electron chi connectivity index (χ1n) is 27.8. The van der Waals surface area contributed by atoms with E-state index in [4.69, 9.17) is 23.6 Å². The largest absolute Gasteiger partial charge is 0.472 e. The van der Waals surface area contributed by atoms with E-state index in [1.54, 1.807) is 0 Å². The summed E-state index contributed by atoms with van der Waals surface area (Å²) in [4.78, 5) is 22.7. The number of allylic oxidation sites excluding steroid dienone is 4. The molecule has 9 nitrogen and oxygen atoms in total. The Morgan fingerprint density at radius 3 is 1.23 bits per heavy atom. The number of aliphatic hydroxyl groups is 2. The zero-order valence-electron chi connectivity index (χ0n) is 42.7. The zero-order chi connectivity index (χ0) is 47.4. The van der Waals surface area contributed by atoms with Gasteiger partial charge < -0.3 is 24.6 Å². The molecule has 0 aromatic carbocycles. The first-order valence-corrected chi connectivity index (χ1v) is 29.3. The molecule has 0 saturated carbocycles. The van der Waals surface area contributed by atoms with Crippen molar-refractivity contribution in [3.63, 3.8) is 0 Å². The van der Waals surface area contributed by atoms with Crippen molar-refractivity contribution in [3.05, 3.63) is 24.3 Å². The Morgan fingerprint density at radius 1 is 0.477 bits per heavy atom. The van der Waals surface area contributed by atoms with Crippen molar-refractivity contribution in [2.24, 2.45) is 0 Å². The van der Waals surface area contributed by atoms with Crippen LogP contribution in [-0.2, 0) is 27.9 Å². The van der Waals surface area contributed by atoms with Gasteiger partial charge in [-0.25, -0.2) is 4.57 Å². The third-order valence-corrected chi connectivity index (χ3v) is 13.3. The van der Waals surface area contributed by atoms with Gasteiger partial charge in [0.1, 0.15) is 12.2 Å². The Morgan fingerprint density at radius 2 is 0.831 bits per heavy atom. The summed E-state index contributed by atoms with van der Waals surface area (Å²) in [6.45, 7) is 3.58. The number of unbranched alkanes of at least 4 members (excludes halogenated alkanes) is 36. The van der Waals surface area contributed by atoms with Crippen LogP contribution in [0.15, 0.2) is 24.3 Å². The fourth-order valence-electron chi connectivity index (χ4n) is 8.15. The number of hydrogen-bond acceptors (Lipinski definition) is 8. The summed E-state index contributed by atoms with van der Waals surface area (Å²) in [5.41, 5.74) is 0. The van der Waals surface area contributed by atoms with Crippen molar-refractivity contribution in [3.8, 4) is 0 Å². The van der Waals surface area contributed by atoms with Gasteiger partial charge in [-0.05, 0) is 44.9 Å². The molecule has 0 bridgehead atoms. The SMILES string of the molecule is CCCCCCC/C=C\C/C=C\CCCCCCCCCCCCCC(=O)OC(COCCCCCCCCCCCCCCCCCCCCCCC)COP(=O)(O)OCC(O)CO. The second-order valence-electron chi connectivity index (χ2n) is 19.0. The molecule has 0 aliphatic heterocycles. The van der Waals surface area contributed by atoms with Crippen molar-refractivity contribution in [1.82, 2.24) is 0 Å². The van der Waals surface area contributed by atoms with E-state index in [1.165, 1.54) is 218 Å². The molecule has 0 aliphatic carbocycles. The van der Waals surface area contributed by atoms with Crippen LogP contribution in [0.5, 0.6) is 0 Å². The van der Waals surface area contributed by atoms with Gasteiger partial charge in [0, 0.05) is 13.0 Å². The molecular weight excluding hydrogens is 836 g/mol. The predicted octanol–water partition coefficient (Wildman–Crippen LogP) is 16.5. The second-order valence-corrected chi connectivity index (χ2v) is 20.4. The molecule has 0 rings (SSSR count). The van der Waals surface area contributed by atoms with E-state index in [0.29, 0.717) is 6.61 Å². The van der Waals surface area contributed by atoms with E-state index in [9.17, 15) is 19.4 Å². The highest BCUT2D eigenvalue weighted by Gasteiger charge is 2.26. The molecule has 0 heterocycles. The summed E-state index contributed by atoms with van der Waals surface area (Å²) in [6.07, 6.45) is 58.7. The zero-order valence-corrected chi connectivity index (χ0v) is 43.6. The smallest absolute Gasteiger partial charge is 0.457 e. The molecule has 0 aromatic heterocycles. The van der Waals surface area contributed by atoms with Crippen LogP contribution in [0.3, 0.4) is 0 Å². The summed E-state index contributed by atoms with van der Waals surface area (Å²) < 4.78 is 33.6. The van der Waals surface area contributed by atoms with E-state index in [1.807, 2.05) is 0 Å². The van der Waals surface area contributed by atoms with Crippen LogP contribution >= 0.6 is 7.82 Å². The van der Waals surface area contributed by atoms with Gasteiger partial charge in [0.15, 0.2) is 0 Å². The van der Waals surface area contributed by atoms with Gasteiger partial charge in [0.2, 0.25) is 0 Å². The second kappa shape index (κ2) is 52.3. The van der Waals surface area contributed by atoms with Crippen LogP contribution in [0.25, 0.3) is 0 Å². The number of phosphoric acid groups is 1. The standard InChI is InChI=1S/C55H107O9P/c1-3-5-7-9-11-13-15-17-19-21-23-25-26-27-29-31-33-35-37-39-41-43-45-47-55(58)64-54(52-63-65(59,60)62-50-53(57)49-56)51-61-48-46-44-42-40-38-36-34-32-30-28-24-22-20-18-16-14-12-10-8-6-4-2/h15,17,21,23,53-54,56-57H,3-14,16,18-20,22,24-52H2,1-2H3,(H,59,60)/b17-15-,23-21-. The van der Waals surface area contributed by atoms with E-state index in [-0.39, 0.29) is 25.6 Å². The Balaban J connectivity index is 4.00. The number of ether oxygens (including phenoxy) is 2. The highest BCUT2D eigenvalue weighted by atomic mass is 31.2. The third kappa shape index (κ3) is 52.2. The molecule has 10 heteroatoms. The maximum atomic E-state index is 12.7. The van der Waals surface area contributed by atoms with E-state index in [2.05, 4.69) is 38.2 Å². The molecule has 0 spiro atoms. The van der Waals surface area contributed by atoms with Gasteiger partial charge >= 0.3 is 13.8 Å². The lowest BCUT2D eigenvalue weighted by Crippen LogP contribution is -2.29. The minimum absolute atomic E-state index is 0.0540. The summed E-state index contributed by atoms with van der Waals surface area (Å²) in [7, 11) is -4.52. The van der Waals surface area contributed by atoms with Crippen LogP contribution in [0.1, 0.15) is 277 Å². The van der Waals surface area contributed by atoms with E-state index >= 15 is 0 Å². The summed E-state index contributed by atoms with van der Waals surface area (Å²) in [5, 5.41) is 18.4. The Labute approximate surface area is 402 Å². The minimum atomic E-state index is -4.52. The van der Waals surface area contributed by atoms with Crippen LogP contribution in [0, 0.1) is 0 Å². The van der Waals surface area contributed by atoms with Gasteiger partial charge in [0.05, 0.1) is 26.4 Å². The van der Waals surface area contributed by atoms with E-state index < -0.39 is 33.2 Å². The Bertz CT molecular complexity index is 1070. The molecule has 3 unspecified atom stereocenters. The lowest BCUT2D eigenvalue weighted by molar-refractivity contribution is -0.154. The van der Waals surface area contributed by atoms with Crippen molar-refractivity contribution in [1.29, 1.82) is 0 Å². The first-order chi connectivity index (χ1) is 31.8. The first kappa shape index (κ1) is 63.9. The highest BCUT2D eigenvalue weighted by Crippen LogP contribution is 2.43. The maximum absolute atomic E-state index is 12.7. The lowest BCUT2D eigenvalue weighted by Gasteiger charge is -2.20. The van der Waals surface area contributed by atoms with Gasteiger partial charge in [-0.15, -0.1) is 0 Å². The van der Waals surface area contributed by atoms with Crippen molar-refractivity contribution >= 4 is 13.8 Å². The normalized spacial score (nSPS) is 13.9.